The van der Waals surface area contributed by atoms with Crippen molar-refractivity contribution in [3.05, 3.63) is 40.9 Å². The minimum absolute atomic E-state index is 0.0899. The standard InChI is InChI=1S/C17H18N2O2S/c1-11(2)13-4-6-14(7-5-13)17-19-15(10-22-17)8-16(20)21-12(3)9-18/h4-7,10-12H,8H2,1-3H3/t12-/m0/s1. The van der Waals surface area contributed by atoms with E-state index < -0.39 is 12.1 Å². The smallest absolute Gasteiger partial charge is 0.313 e. The second-order valence-electron chi connectivity index (χ2n) is 5.36. The Morgan fingerprint density at radius 2 is 2.00 bits per heavy atom. The van der Waals surface area contributed by atoms with Crippen molar-refractivity contribution in [3.63, 3.8) is 0 Å². The molecule has 1 aromatic carbocycles. The van der Waals surface area contributed by atoms with E-state index in [0.717, 1.165) is 10.6 Å². The summed E-state index contributed by atoms with van der Waals surface area (Å²) in [5.74, 6) is 0.0684. The molecule has 0 radical (unpaired) electrons. The van der Waals surface area contributed by atoms with Crippen molar-refractivity contribution < 1.29 is 9.53 Å². The first-order valence-electron chi connectivity index (χ1n) is 7.13. The van der Waals surface area contributed by atoms with Crippen LogP contribution in [0, 0.1) is 11.3 Å². The zero-order valence-electron chi connectivity index (χ0n) is 12.9. The van der Waals surface area contributed by atoms with Gasteiger partial charge in [0.15, 0.2) is 6.10 Å². The number of rotatable bonds is 5. The van der Waals surface area contributed by atoms with Crippen LogP contribution in [0.2, 0.25) is 0 Å². The lowest BCUT2D eigenvalue weighted by molar-refractivity contribution is -0.145. The van der Waals surface area contributed by atoms with E-state index in [0.29, 0.717) is 11.6 Å². The van der Waals surface area contributed by atoms with E-state index in [1.165, 1.54) is 16.9 Å². The summed E-state index contributed by atoms with van der Waals surface area (Å²) in [6.07, 6.45) is -0.638. The molecule has 0 N–H and O–H groups in total. The normalized spacial score (nSPS) is 12.0. The molecule has 0 aliphatic carbocycles. The van der Waals surface area contributed by atoms with Gasteiger partial charge in [0.25, 0.3) is 0 Å². The van der Waals surface area contributed by atoms with Crippen LogP contribution in [0.25, 0.3) is 10.6 Å². The third-order valence-electron chi connectivity index (χ3n) is 3.19. The molecule has 0 aliphatic heterocycles. The van der Waals surface area contributed by atoms with Gasteiger partial charge < -0.3 is 4.74 Å². The highest BCUT2D eigenvalue weighted by Crippen LogP contribution is 2.26. The van der Waals surface area contributed by atoms with Gasteiger partial charge in [-0.25, -0.2) is 4.98 Å². The molecular formula is C17H18N2O2S. The zero-order valence-corrected chi connectivity index (χ0v) is 13.7. The average Bonchev–Trinajstić information content (AvgIpc) is 2.95. The van der Waals surface area contributed by atoms with Crippen molar-refractivity contribution in [2.24, 2.45) is 0 Å². The van der Waals surface area contributed by atoms with E-state index >= 15 is 0 Å². The second-order valence-corrected chi connectivity index (χ2v) is 6.22. The van der Waals surface area contributed by atoms with Crippen molar-refractivity contribution in [3.8, 4) is 16.6 Å². The first-order chi connectivity index (χ1) is 10.5. The van der Waals surface area contributed by atoms with Crippen LogP contribution in [-0.4, -0.2) is 17.1 Å². The molecule has 22 heavy (non-hydrogen) atoms. The predicted octanol–water partition coefficient (Wildman–Crippen LogP) is 3.93. The Bertz CT molecular complexity index is 683. The topological polar surface area (TPSA) is 63.0 Å². The molecule has 1 atom stereocenters. The van der Waals surface area contributed by atoms with Gasteiger partial charge in [-0.3, -0.25) is 4.79 Å². The Hall–Kier alpha value is -2.19. The summed E-state index contributed by atoms with van der Waals surface area (Å²) < 4.78 is 4.93. The predicted molar refractivity (Wildman–Crippen MR) is 86.5 cm³/mol. The average molecular weight is 314 g/mol. The molecule has 0 saturated carbocycles. The fourth-order valence-electron chi connectivity index (χ4n) is 1.94. The van der Waals surface area contributed by atoms with E-state index in [2.05, 4.69) is 31.0 Å². The number of carbonyl (C=O) groups is 1. The Balaban J connectivity index is 2.05. The molecule has 5 heteroatoms. The SMILES string of the molecule is CC(C)c1ccc(-c2nc(CC(=O)O[C@@H](C)C#N)cs2)cc1. The van der Waals surface area contributed by atoms with Gasteiger partial charge in [0.1, 0.15) is 11.1 Å². The molecule has 0 saturated heterocycles. The molecule has 0 amide bonds. The van der Waals surface area contributed by atoms with Crippen LogP contribution in [0.4, 0.5) is 0 Å². The van der Waals surface area contributed by atoms with Crippen LogP contribution in [0.15, 0.2) is 29.6 Å². The summed E-state index contributed by atoms with van der Waals surface area (Å²) >= 11 is 1.50. The second kappa shape index (κ2) is 7.19. The Kier molecular flexibility index (Phi) is 5.29. The lowest BCUT2D eigenvalue weighted by Gasteiger charge is -2.05. The third kappa shape index (κ3) is 4.15. The van der Waals surface area contributed by atoms with Gasteiger partial charge in [-0.15, -0.1) is 11.3 Å². The summed E-state index contributed by atoms with van der Waals surface area (Å²) in [4.78, 5) is 16.1. The molecule has 2 aromatic rings. The third-order valence-corrected chi connectivity index (χ3v) is 4.13. The highest BCUT2D eigenvalue weighted by molar-refractivity contribution is 7.13. The van der Waals surface area contributed by atoms with Gasteiger partial charge in [0.05, 0.1) is 12.1 Å². The Morgan fingerprint density at radius 3 is 2.59 bits per heavy atom. The number of ether oxygens (including phenoxy) is 1. The van der Waals surface area contributed by atoms with Gasteiger partial charge in [0.2, 0.25) is 0 Å². The number of esters is 1. The van der Waals surface area contributed by atoms with Crippen molar-refractivity contribution in [2.75, 3.05) is 0 Å². The van der Waals surface area contributed by atoms with Crippen molar-refractivity contribution >= 4 is 17.3 Å². The number of hydrogen-bond donors (Lipinski definition) is 0. The van der Waals surface area contributed by atoms with Crippen LogP contribution < -0.4 is 0 Å². The summed E-state index contributed by atoms with van der Waals surface area (Å²) in [7, 11) is 0. The van der Waals surface area contributed by atoms with Crippen LogP contribution in [0.3, 0.4) is 0 Å². The fraction of sp³-hybridized carbons (Fsp3) is 0.353. The summed E-state index contributed by atoms with van der Waals surface area (Å²) in [5, 5.41) is 11.4. The fourth-order valence-corrected chi connectivity index (χ4v) is 2.77. The molecule has 1 heterocycles. The molecule has 4 nitrogen and oxygen atoms in total. The lowest BCUT2D eigenvalue weighted by atomic mass is 10.0. The number of carbonyl (C=O) groups excluding carboxylic acids is 1. The van der Waals surface area contributed by atoms with Gasteiger partial charge in [0, 0.05) is 10.9 Å². The van der Waals surface area contributed by atoms with Crippen LogP contribution >= 0.6 is 11.3 Å². The highest BCUT2D eigenvalue weighted by Gasteiger charge is 2.12. The molecule has 114 valence electrons. The largest absolute Gasteiger partial charge is 0.447 e. The minimum Gasteiger partial charge on any atom is -0.447 e. The van der Waals surface area contributed by atoms with E-state index in [1.807, 2.05) is 23.6 Å². The van der Waals surface area contributed by atoms with E-state index in [9.17, 15) is 4.79 Å². The van der Waals surface area contributed by atoms with Crippen molar-refractivity contribution in [1.29, 1.82) is 5.26 Å². The minimum atomic E-state index is -0.728. The first kappa shape index (κ1) is 16.2. The summed E-state index contributed by atoms with van der Waals surface area (Å²) in [6.45, 7) is 5.86. The lowest BCUT2D eigenvalue weighted by Crippen LogP contribution is -2.15. The molecule has 0 unspecified atom stereocenters. The van der Waals surface area contributed by atoms with E-state index in [-0.39, 0.29) is 6.42 Å². The van der Waals surface area contributed by atoms with E-state index in [4.69, 9.17) is 10.00 Å². The molecule has 1 aromatic heterocycles. The zero-order chi connectivity index (χ0) is 16.1. The number of aromatic nitrogens is 1. The van der Waals surface area contributed by atoms with Crippen LogP contribution in [0.1, 0.15) is 37.9 Å². The quantitative estimate of drug-likeness (QED) is 0.784. The molecule has 0 bridgehead atoms. The van der Waals surface area contributed by atoms with E-state index in [1.54, 1.807) is 6.92 Å². The number of thiazole rings is 1. The Labute approximate surface area is 134 Å². The number of benzene rings is 1. The monoisotopic (exact) mass is 314 g/mol. The van der Waals surface area contributed by atoms with Crippen molar-refractivity contribution in [2.45, 2.75) is 39.2 Å². The maximum Gasteiger partial charge on any atom is 0.313 e. The molecule has 2 rings (SSSR count). The summed E-state index contributed by atoms with van der Waals surface area (Å²) in [5.41, 5.74) is 3.00. The first-order valence-corrected chi connectivity index (χ1v) is 8.01. The molecule has 0 spiro atoms. The highest BCUT2D eigenvalue weighted by atomic mass is 32.1. The van der Waals surface area contributed by atoms with Gasteiger partial charge in [-0.2, -0.15) is 5.26 Å². The summed E-state index contributed by atoms with van der Waals surface area (Å²) in [6, 6.07) is 10.2. The molecular weight excluding hydrogens is 296 g/mol. The number of nitriles is 1. The molecule has 0 aliphatic rings. The van der Waals surface area contributed by atoms with Crippen LogP contribution in [-0.2, 0) is 16.0 Å². The Morgan fingerprint density at radius 1 is 1.32 bits per heavy atom. The maximum atomic E-state index is 11.6. The maximum absolute atomic E-state index is 11.6. The van der Waals surface area contributed by atoms with Crippen LogP contribution in [0.5, 0.6) is 0 Å². The van der Waals surface area contributed by atoms with Gasteiger partial charge in [-0.1, -0.05) is 38.1 Å². The van der Waals surface area contributed by atoms with Gasteiger partial charge in [-0.05, 0) is 18.4 Å². The number of nitrogens with zero attached hydrogens (tertiary/aromatic N) is 2. The number of hydrogen-bond acceptors (Lipinski definition) is 5. The molecule has 0 fully saturated rings. The van der Waals surface area contributed by atoms with Crippen molar-refractivity contribution in [1.82, 2.24) is 4.98 Å². The van der Waals surface area contributed by atoms with Gasteiger partial charge >= 0.3 is 5.97 Å².